The van der Waals surface area contributed by atoms with Gasteiger partial charge in [0.05, 0.1) is 11.1 Å². The molecule has 11 heteroatoms. The van der Waals surface area contributed by atoms with Crippen molar-refractivity contribution in [2.24, 2.45) is 0 Å². The quantitative estimate of drug-likeness (QED) is 0.469. The van der Waals surface area contributed by atoms with Gasteiger partial charge in [0.25, 0.3) is 0 Å². The van der Waals surface area contributed by atoms with Crippen molar-refractivity contribution in [3.8, 4) is 5.82 Å². The minimum atomic E-state index is -0.558. The topological polar surface area (TPSA) is 96.7 Å². The van der Waals surface area contributed by atoms with Gasteiger partial charge in [0.1, 0.15) is 23.6 Å². The van der Waals surface area contributed by atoms with E-state index in [4.69, 9.17) is 16.3 Å². The second-order valence-electron chi connectivity index (χ2n) is 10.2. The third kappa shape index (κ3) is 5.09. The van der Waals surface area contributed by atoms with Gasteiger partial charge in [-0.15, -0.1) is 0 Å². The summed E-state index contributed by atoms with van der Waals surface area (Å²) >= 11 is 6.24. The van der Waals surface area contributed by atoms with Gasteiger partial charge in [0.2, 0.25) is 6.41 Å². The molecule has 1 atom stereocenters. The lowest BCUT2D eigenvalue weighted by Gasteiger charge is -2.41. The summed E-state index contributed by atoms with van der Waals surface area (Å²) in [5.41, 5.74) is 0.727. The Morgan fingerprint density at radius 1 is 1.25 bits per heavy atom. The largest absolute Gasteiger partial charge is 0.444 e. The number of anilines is 2. The molecule has 1 aliphatic rings. The highest BCUT2D eigenvalue weighted by atomic mass is 35.5. The Morgan fingerprint density at radius 3 is 2.61 bits per heavy atom. The van der Waals surface area contributed by atoms with E-state index in [2.05, 4.69) is 19.9 Å². The minimum absolute atomic E-state index is 0.0476. The maximum atomic E-state index is 12.7. The first-order valence-corrected chi connectivity index (χ1v) is 12.3. The summed E-state index contributed by atoms with van der Waals surface area (Å²) in [5, 5.41) is 1.28. The van der Waals surface area contributed by atoms with Crippen LogP contribution in [0.1, 0.15) is 41.5 Å². The molecule has 36 heavy (non-hydrogen) atoms. The summed E-state index contributed by atoms with van der Waals surface area (Å²) in [6.45, 7) is 13.0. The summed E-state index contributed by atoms with van der Waals surface area (Å²) in [7, 11) is 0. The van der Waals surface area contributed by atoms with E-state index in [-0.39, 0.29) is 18.2 Å². The zero-order valence-corrected chi connectivity index (χ0v) is 22.2. The van der Waals surface area contributed by atoms with Crippen LogP contribution in [0.4, 0.5) is 16.3 Å². The van der Waals surface area contributed by atoms with E-state index in [9.17, 15) is 9.59 Å². The van der Waals surface area contributed by atoms with Crippen LogP contribution in [0.15, 0.2) is 30.9 Å². The van der Waals surface area contributed by atoms with E-state index in [1.165, 1.54) is 6.33 Å². The van der Waals surface area contributed by atoms with Crippen molar-refractivity contribution in [2.75, 3.05) is 29.4 Å². The number of amides is 2. The van der Waals surface area contributed by atoms with Crippen LogP contribution in [0, 0.1) is 0 Å². The molecule has 1 saturated heterocycles. The Bertz CT molecular complexity index is 1270. The highest BCUT2D eigenvalue weighted by Gasteiger charge is 2.33. The number of hydrogen-bond acceptors (Lipinski definition) is 7. The number of halogens is 1. The Kier molecular flexibility index (Phi) is 7.08. The van der Waals surface area contributed by atoms with Crippen molar-refractivity contribution >= 4 is 46.6 Å². The van der Waals surface area contributed by atoms with E-state index >= 15 is 0 Å². The van der Waals surface area contributed by atoms with Crippen LogP contribution >= 0.6 is 11.6 Å². The molecule has 4 rings (SSSR count). The molecule has 3 aromatic heterocycles. The molecule has 0 spiro atoms. The first-order valence-electron chi connectivity index (χ1n) is 12.0. The summed E-state index contributed by atoms with van der Waals surface area (Å²) in [4.78, 5) is 44.0. The van der Waals surface area contributed by atoms with E-state index in [1.807, 2.05) is 52.3 Å². The molecule has 0 radical (unpaired) electrons. The Morgan fingerprint density at radius 2 is 2.00 bits per heavy atom. The summed E-state index contributed by atoms with van der Waals surface area (Å²) in [6, 6.07) is 3.31. The molecule has 192 valence electrons. The molecule has 10 nitrogen and oxygen atoms in total. The monoisotopic (exact) mass is 513 g/mol. The van der Waals surface area contributed by atoms with E-state index < -0.39 is 5.60 Å². The number of ether oxygens (including phenoxy) is 1. The van der Waals surface area contributed by atoms with Crippen LogP contribution in [0.5, 0.6) is 0 Å². The SMILES string of the molecule is CC(C)N(C=O)c1cn(-c2cc(Cl)ccn2)c2ncnc(N3CCN(C(=O)OC(C)(C)C)C[C@@H]3C)c12. The van der Waals surface area contributed by atoms with E-state index in [1.54, 1.807) is 28.1 Å². The highest BCUT2D eigenvalue weighted by molar-refractivity contribution is 6.30. The lowest BCUT2D eigenvalue weighted by molar-refractivity contribution is -0.107. The second-order valence-corrected chi connectivity index (χ2v) is 10.6. The number of carbonyl (C=O) groups is 2. The van der Waals surface area contributed by atoms with Gasteiger partial charge in [-0.05, 0) is 47.6 Å². The number of nitrogens with zero attached hydrogens (tertiary/aromatic N) is 7. The van der Waals surface area contributed by atoms with E-state index in [0.29, 0.717) is 47.6 Å². The molecule has 0 unspecified atom stereocenters. The van der Waals surface area contributed by atoms with Crippen LogP contribution < -0.4 is 9.80 Å². The number of rotatable bonds is 5. The highest BCUT2D eigenvalue weighted by Crippen LogP contribution is 2.37. The zero-order valence-electron chi connectivity index (χ0n) is 21.5. The Labute approximate surface area is 215 Å². The summed E-state index contributed by atoms with van der Waals surface area (Å²) in [5.74, 6) is 1.28. The Hall–Kier alpha value is -3.40. The van der Waals surface area contributed by atoms with Crippen LogP contribution in [0.3, 0.4) is 0 Å². The van der Waals surface area contributed by atoms with Gasteiger partial charge < -0.3 is 19.4 Å². The van der Waals surface area contributed by atoms with Gasteiger partial charge in [0.15, 0.2) is 5.65 Å². The second kappa shape index (κ2) is 9.93. The van der Waals surface area contributed by atoms with Crippen molar-refractivity contribution in [1.82, 2.24) is 24.4 Å². The molecule has 0 saturated carbocycles. The van der Waals surface area contributed by atoms with Crippen molar-refractivity contribution in [1.29, 1.82) is 0 Å². The van der Waals surface area contributed by atoms with Gasteiger partial charge >= 0.3 is 6.09 Å². The van der Waals surface area contributed by atoms with Crippen molar-refractivity contribution in [2.45, 2.75) is 59.2 Å². The molecule has 1 aliphatic heterocycles. The molecular formula is C25H32ClN7O3. The van der Waals surface area contributed by atoms with Gasteiger partial charge in [-0.2, -0.15) is 0 Å². The normalized spacial score (nSPS) is 16.5. The standard InChI is InChI=1S/C25H32ClN7O3/c1-16(2)33(15-34)19-13-32(20-11-18(26)7-8-27-20)23-21(19)22(28-14-29-23)31-10-9-30(12-17(31)3)24(35)36-25(4,5)6/h7-8,11,13-17H,9-10,12H2,1-6H3/t17-/m0/s1. The molecule has 4 heterocycles. The van der Waals surface area contributed by atoms with Gasteiger partial charge in [-0.1, -0.05) is 11.6 Å². The third-order valence-electron chi connectivity index (χ3n) is 6.00. The van der Waals surface area contributed by atoms with E-state index in [0.717, 1.165) is 11.8 Å². The number of piperazine rings is 1. The first kappa shape index (κ1) is 25.7. The maximum Gasteiger partial charge on any atom is 0.410 e. The number of pyridine rings is 1. The van der Waals surface area contributed by atoms with Gasteiger partial charge in [0, 0.05) is 55.2 Å². The Balaban J connectivity index is 1.78. The molecular weight excluding hydrogens is 482 g/mol. The lowest BCUT2D eigenvalue weighted by Crippen LogP contribution is -2.54. The molecule has 0 aromatic carbocycles. The third-order valence-corrected chi connectivity index (χ3v) is 6.23. The van der Waals surface area contributed by atoms with Crippen LogP contribution in [0.25, 0.3) is 16.9 Å². The van der Waals surface area contributed by atoms with Crippen molar-refractivity contribution in [3.63, 3.8) is 0 Å². The predicted octanol–water partition coefficient (Wildman–Crippen LogP) is 4.29. The molecule has 1 fully saturated rings. The lowest BCUT2D eigenvalue weighted by atomic mass is 10.1. The fraction of sp³-hybridized carbons (Fsp3) is 0.480. The molecule has 0 aliphatic carbocycles. The predicted molar refractivity (Wildman–Crippen MR) is 140 cm³/mol. The smallest absolute Gasteiger partial charge is 0.410 e. The summed E-state index contributed by atoms with van der Waals surface area (Å²) < 4.78 is 7.39. The fourth-order valence-electron chi connectivity index (χ4n) is 4.36. The maximum absolute atomic E-state index is 12.7. The molecule has 2 amide bonds. The van der Waals surface area contributed by atoms with Crippen LogP contribution in [0.2, 0.25) is 5.02 Å². The molecule has 3 aromatic rings. The summed E-state index contributed by atoms with van der Waals surface area (Å²) in [6.07, 6.45) is 5.47. The van der Waals surface area contributed by atoms with Crippen molar-refractivity contribution in [3.05, 3.63) is 35.9 Å². The van der Waals surface area contributed by atoms with Crippen molar-refractivity contribution < 1.29 is 14.3 Å². The molecule has 0 bridgehead atoms. The number of hydrogen-bond donors (Lipinski definition) is 0. The van der Waals surface area contributed by atoms with Gasteiger partial charge in [-0.25, -0.2) is 19.7 Å². The number of aromatic nitrogens is 4. The number of carbonyl (C=O) groups excluding carboxylic acids is 2. The average molecular weight is 514 g/mol. The number of fused-ring (bicyclic) bond motifs is 1. The minimum Gasteiger partial charge on any atom is -0.444 e. The van der Waals surface area contributed by atoms with Crippen LogP contribution in [-0.4, -0.2) is 74.2 Å². The fourth-order valence-corrected chi connectivity index (χ4v) is 4.52. The average Bonchev–Trinajstić information content (AvgIpc) is 3.18. The van der Waals surface area contributed by atoms with Crippen LogP contribution in [-0.2, 0) is 9.53 Å². The zero-order chi connectivity index (χ0) is 26.2. The van der Waals surface area contributed by atoms with Gasteiger partial charge in [-0.3, -0.25) is 9.36 Å². The first-order chi connectivity index (χ1) is 17.0. The molecule has 0 N–H and O–H groups in total.